The van der Waals surface area contributed by atoms with Crippen molar-refractivity contribution in [3.8, 4) is 0 Å². The van der Waals surface area contributed by atoms with E-state index in [0.29, 0.717) is 5.02 Å². The number of aromatic nitrogens is 3. The fourth-order valence-corrected chi connectivity index (χ4v) is 2.91. The molecule has 0 aromatic carbocycles. The van der Waals surface area contributed by atoms with E-state index in [9.17, 15) is 0 Å². The second kappa shape index (κ2) is 5.97. The Hall–Kier alpha value is -1.33. The molecular formula is C14H20ClN5. The number of hydrogen-bond donors (Lipinski definition) is 1. The van der Waals surface area contributed by atoms with E-state index < -0.39 is 0 Å². The zero-order valence-electron chi connectivity index (χ0n) is 11.7. The molecule has 6 heteroatoms. The van der Waals surface area contributed by atoms with Crippen molar-refractivity contribution < 1.29 is 0 Å². The Morgan fingerprint density at radius 2 is 2.15 bits per heavy atom. The van der Waals surface area contributed by atoms with Crippen LogP contribution in [-0.2, 0) is 0 Å². The van der Waals surface area contributed by atoms with Crippen molar-refractivity contribution >= 4 is 23.2 Å². The number of nitrogens with one attached hydrogen (secondary N) is 1. The molecule has 0 unspecified atom stereocenters. The van der Waals surface area contributed by atoms with Crippen molar-refractivity contribution in [3.63, 3.8) is 0 Å². The van der Waals surface area contributed by atoms with Gasteiger partial charge in [0.15, 0.2) is 5.65 Å². The Balaban J connectivity index is 1.67. The third-order valence-electron chi connectivity index (χ3n) is 3.98. The smallest absolute Gasteiger partial charge is 0.245 e. The van der Waals surface area contributed by atoms with Gasteiger partial charge in [0.25, 0.3) is 0 Å². The van der Waals surface area contributed by atoms with Crippen LogP contribution in [0.15, 0.2) is 18.3 Å². The minimum absolute atomic E-state index is 0.680. The van der Waals surface area contributed by atoms with Crippen molar-refractivity contribution in [1.29, 1.82) is 0 Å². The standard InChI is InChI=1S/C14H20ClN5/c1-16-7-4-11-5-8-19(9-6-11)14-17-13-3-2-12(15)10-20(13)18-14/h2-3,10-11,16H,4-9H2,1H3. The second-order valence-corrected chi connectivity index (χ2v) is 5.82. The minimum atomic E-state index is 0.680. The maximum atomic E-state index is 5.97. The molecule has 0 amide bonds. The molecule has 0 aliphatic carbocycles. The van der Waals surface area contributed by atoms with Crippen LogP contribution in [0.1, 0.15) is 19.3 Å². The van der Waals surface area contributed by atoms with Crippen LogP contribution in [0.5, 0.6) is 0 Å². The van der Waals surface area contributed by atoms with E-state index in [4.69, 9.17) is 11.6 Å². The molecule has 1 N–H and O–H groups in total. The van der Waals surface area contributed by atoms with E-state index in [1.807, 2.05) is 19.2 Å². The van der Waals surface area contributed by atoms with Crippen molar-refractivity contribution in [2.75, 3.05) is 31.6 Å². The molecule has 0 spiro atoms. The molecule has 1 aliphatic rings. The first kappa shape index (κ1) is 13.6. The second-order valence-electron chi connectivity index (χ2n) is 5.38. The van der Waals surface area contributed by atoms with Gasteiger partial charge in [0, 0.05) is 19.3 Å². The normalized spacial score (nSPS) is 17.0. The first-order chi connectivity index (χ1) is 9.76. The fourth-order valence-electron chi connectivity index (χ4n) is 2.75. The molecule has 0 bridgehead atoms. The molecule has 1 fully saturated rings. The van der Waals surface area contributed by atoms with Gasteiger partial charge in [-0.1, -0.05) is 11.6 Å². The van der Waals surface area contributed by atoms with Gasteiger partial charge in [0.2, 0.25) is 5.95 Å². The van der Waals surface area contributed by atoms with Crippen LogP contribution in [0.2, 0.25) is 5.02 Å². The van der Waals surface area contributed by atoms with Gasteiger partial charge in [0.05, 0.1) is 5.02 Å². The van der Waals surface area contributed by atoms with Crippen molar-refractivity contribution in [3.05, 3.63) is 23.4 Å². The van der Waals surface area contributed by atoms with Gasteiger partial charge in [-0.15, -0.1) is 5.10 Å². The summed E-state index contributed by atoms with van der Waals surface area (Å²) in [5.41, 5.74) is 0.849. The molecule has 0 atom stereocenters. The van der Waals surface area contributed by atoms with Crippen LogP contribution in [0.25, 0.3) is 5.65 Å². The SMILES string of the molecule is CNCCC1CCN(c2nc3ccc(Cl)cn3n2)CC1. The molecule has 3 heterocycles. The Bertz CT molecular complexity index is 574. The van der Waals surface area contributed by atoms with Crippen molar-refractivity contribution in [2.45, 2.75) is 19.3 Å². The Labute approximate surface area is 123 Å². The Morgan fingerprint density at radius 1 is 1.35 bits per heavy atom. The number of rotatable bonds is 4. The molecule has 1 saturated heterocycles. The molecule has 108 valence electrons. The van der Waals surface area contributed by atoms with Crippen LogP contribution < -0.4 is 10.2 Å². The van der Waals surface area contributed by atoms with Gasteiger partial charge in [-0.05, 0) is 50.9 Å². The lowest BCUT2D eigenvalue weighted by Crippen LogP contribution is -2.35. The number of halogens is 1. The predicted octanol–water partition coefficient (Wildman–Crippen LogP) is 2.21. The van der Waals surface area contributed by atoms with Gasteiger partial charge < -0.3 is 10.2 Å². The van der Waals surface area contributed by atoms with E-state index in [-0.39, 0.29) is 0 Å². The summed E-state index contributed by atoms with van der Waals surface area (Å²) in [6, 6.07) is 3.75. The third-order valence-corrected chi connectivity index (χ3v) is 4.21. The molecule has 3 rings (SSSR count). The summed E-state index contributed by atoms with van der Waals surface area (Å²) in [7, 11) is 2.01. The van der Waals surface area contributed by atoms with Gasteiger partial charge in [0.1, 0.15) is 0 Å². The molecule has 0 radical (unpaired) electrons. The summed E-state index contributed by atoms with van der Waals surface area (Å²) in [5, 5.41) is 8.43. The van der Waals surface area contributed by atoms with Crippen LogP contribution in [-0.4, -0.2) is 41.3 Å². The van der Waals surface area contributed by atoms with Crippen molar-refractivity contribution in [1.82, 2.24) is 19.9 Å². The van der Waals surface area contributed by atoms with Gasteiger partial charge in [-0.2, -0.15) is 4.98 Å². The van der Waals surface area contributed by atoms with E-state index in [1.165, 1.54) is 19.3 Å². The van der Waals surface area contributed by atoms with Gasteiger partial charge in [-0.25, -0.2) is 4.52 Å². The van der Waals surface area contributed by atoms with E-state index >= 15 is 0 Å². The number of fused-ring (bicyclic) bond motifs is 1. The summed E-state index contributed by atoms with van der Waals surface area (Å²) in [4.78, 5) is 6.85. The van der Waals surface area contributed by atoms with Gasteiger partial charge >= 0.3 is 0 Å². The van der Waals surface area contributed by atoms with Crippen LogP contribution in [0.4, 0.5) is 5.95 Å². The van der Waals surface area contributed by atoms with Crippen molar-refractivity contribution in [2.24, 2.45) is 5.92 Å². The average Bonchev–Trinajstić information content (AvgIpc) is 2.88. The van der Waals surface area contributed by atoms with Crippen LogP contribution in [0.3, 0.4) is 0 Å². The lowest BCUT2D eigenvalue weighted by molar-refractivity contribution is 0.376. The number of piperidine rings is 1. The topological polar surface area (TPSA) is 45.5 Å². The molecule has 0 saturated carbocycles. The molecule has 1 aliphatic heterocycles. The fraction of sp³-hybridized carbons (Fsp3) is 0.571. The predicted molar refractivity (Wildman–Crippen MR) is 81.5 cm³/mol. The van der Waals surface area contributed by atoms with E-state index in [0.717, 1.165) is 37.1 Å². The first-order valence-electron chi connectivity index (χ1n) is 7.18. The quantitative estimate of drug-likeness (QED) is 0.939. The lowest BCUT2D eigenvalue weighted by Gasteiger charge is -2.31. The number of nitrogens with zero attached hydrogens (tertiary/aromatic N) is 4. The highest BCUT2D eigenvalue weighted by Gasteiger charge is 2.21. The van der Waals surface area contributed by atoms with Gasteiger partial charge in [-0.3, -0.25) is 0 Å². The summed E-state index contributed by atoms with van der Waals surface area (Å²) < 4.78 is 1.75. The van der Waals surface area contributed by atoms with E-state index in [2.05, 4.69) is 20.3 Å². The van der Waals surface area contributed by atoms with Crippen LogP contribution >= 0.6 is 11.6 Å². The summed E-state index contributed by atoms with van der Waals surface area (Å²) in [5.74, 6) is 1.64. The molecule has 20 heavy (non-hydrogen) atoms. The highest BCUT2D eigenvalue weighted by atomic mass is 35.5. The molecule has 5 nitrogen and oxygen atoms in total. The van der Waals surface area contributed by atoms with E-state index in [1.54, 1.807) is 10.7 Å². The monoisotopic (exact) mass is 293 g/mol. The molecule has 2 aromatic rings. The average molecular weight is 294 g/mol. The summed E-state index contributed by atoms with van der Waals surface area (Å²) in [6.45, 7) is 3.19. The lowest BCUT2D eigenvalue weighted by atomic mass is 9.94. The molecular weight excluding hydrogens is 274 g/mol. The summed E-state index contributed by atoms with van der Waals surface area (Å²) in [6.07, 6.45) is 5.50. The number of hydrogen-bond acceptors (Lipinski definition) is 4. The zero-order valence-corrected chi connectivity index (χ0v) is 12.5. The zero-order chi connectivity index (χ0) is 13.9. The Kier molecular flexibility index (Phi) is 4.08. The molecule has 2 aromatic heterocycles. The third kappa shape index (κ3) is 2.88. The number of pyridine rings is 1. The number of anilines is 1. The summed E-state index contributed by atoms with van der Waals surface area (Å²) >= 11 is 5.97. The maximum absolute atomic E-state index is 5.97. The Morgan fingerprint density at radius 3 is 2.90 bits per heavy atom. The first-order valence-corrected chi connectivity index (χ1v) is 7.55. The maximum Gasteiger partial charge on any atom is 0.245 e. The highest BCUT2D eigenvalue weighted by Crippen LogP contribution is 2.23. The largest absolute Gasteiger partial charge is 0.339 e. The highest BCUT2D eigenvalue weighted by molar-refractivity contribution is 6.30. The minimum Gasteiger partial charge on any atom is -0.339 e. The van der Waals surface area contributed by atoms with Crippen LogP contribution in [0, 0.1) is 5.92 Å².